The first-order chi connectivity index (χ1) is 6.20. The highest BCUT2D eigenvalue weighted by Crippen LogP contribution is 2.40. The van der Waals surface area contributed by atoms with E-state index in [9.17, 15) is 0 Å². The van der Waals surface area contributed by atoms with E-state index in [1.165, 1.54) is 38.8 Å². The second-order valence-corrected chi connectivity index (χ2v) is 4.99. The molecule has 1 aliphatic carbocycles. The van der Waals surface area contributed by atoms with Gasteiger partial charge in [-0.2, -0.15) is 0 Å². The molecule has 0 aromatic rings. The fraction of sp³-hybridized carbons (Fsp3) is 1.00. The van der Waals surface area contributed by atoms with Gasteiger partial charge in [-0.1, -0.05) is 0 Å². The summed E-state index contributed by atoms with van der Waals surface area (Å²) >= 11 is 0. The van der Waals surface area contributed by atoms with E-state index in [4.69, 9.17) is 4.74 Å². The Kier molecular flexibility index (Phi) is 2.61. The summed E-state index contributed by atoms with van der Waals surface area (Å²) in [6, 6.07) is 0. The monoisotopic (exact) mass is 183 g/mol. The molecule has 2 fully saturated rings. The van der Waals surface area contributed by atoms with Gasteiger partial charge in [-0.15, -0.1) is 0 Å². The number of hydrogen-bond acceptors (Lipinski definition) is 2. The molecule has 1 saturated heterocycles. The van der Waals surface area contributed by atoms with Crippen molar-refractivity contribution in [1.29, 1.82) is 0 Å². The number of rotatable bonds is 2. The van der Waals surface area contributed by atoms with Crippen LogP contribution in [0.5, 0.6) is 0 Å². The van der Waals surface area contributed by atoms with Crippen LogP contribution in [0, 0.1) is 5.41 Å². The molecule has 1 saturated carbocycles. The van der Waals surface area contributed by atoms with Crippen LogP contribution in [0.4, 0.5) is 0 Å². The quantitative estimate of drug-likeness (QED) is 0.706. The van der Waals surface area contributed by atoms with Crippen molar-refractivity contribution in [2.45, 2.75) is 51.7 Å². The molecule has 2 aliphatic rings. The third-order valence-electron chi connectivity index (χ3n) is 3.46. The van der Waals surface area contributed by atoms with Crippen molar-refractivity contribution in [2.75, 3.05) is 13.1 Å². The molecular weight excluding hydrogens is 162 g/mol. The van der Waals surface area contributed by atoms with E-state index in [1.54, 1.807) is 0 Å². The fourth-order valence-corrected chi connectivity index (χ4v) is 2.56. The molecule has 0 unspecified atom stereocenters. The molecule has 0 radical (unpaired) electrons. The molecule has 2 heteroatoms. The number of hydrogen-bond donors (Lipinski definition) is 1. The van der Waals surface area contributed by atoms with Gasteiger partial charge in [-0.3, -0.25) is 0 Å². The normalized spacial score (nSPS) is 27.9. The van der Waals surface area contributed by atoms with Gasteiger partial charge in [0, 0.05) is 13.1 Å². The average Bonchev–Trinajstić information content (AvgIpc) is 2.02. The molecule has 0 aromatic heterocycles. The zero-order valence-electron chi connectivity index (χ0n) is 8.81. The minimum Gasteiger partial charge on any atom is -0.376 e. The molecule has 1 spiro atoms. The van der Waals surface area contributed by atoms with E-state index in [0.29, 0.717) is 17.6 Å². The van der Waals surface area contributed by atoms with Gasteiger partial charge in [0.05, 0.1) is 12.2 Å². The first-order valence-corrected chi connectivity index (χ1v) is 5.56. The lowest BCUT2D eigenvalue weighted by Gasteiger charge is -2.47. The molecule has 2 rings (SSSR count). The fourth-order valence-electron chi connectivity index (χ4n) is 2.56. The topological polar surface area (TPSA) is 21.3 Å². The maximum Gasteiger partial charge on any atom is 0.0579 e. The van der Waals surface area contributed by atoms with E-state index in [0.717, 1.165) is 0 Å². The molecule has 2 nitrogen and oxygen atoms in total. The van der Waals surface area contributed by atoms with Crippen LogP contribution in [0.25, 0.3) is 0 Å². The van der Waals surface area contributed by atoms with Gasteiger partial charge in [0.15, 0.2) is 0 Å². The lowest BCUT2D eigenvalue weighted by Crippen LogP contribution is -2.55. The summed E-state index contributed by atoms with van der Waals surface area (Å²) in [6.07, 6.45) is 6.25. The van der Waals surface area contributed by atoms with Gasteiger partial charge < -0.3 is 10.1 Å². The van der Waals surface area contributed by atoms with Gasteiger partial charge in [0.25, 0.3) is 0 Å². The Bertz CT molecular complexity index is 165. The second kappa shape index (κ2) is 3.58. The zero-order chi connectivity index (χ0) is 9.31. The van der Waals surface area contributed by atoms with Gasteiger partial charge >= 0.3 is 0 Å². The SMILES string of the molecule is CC(C)OC1CCC2(CC1)CNC2. The van der Waals surface area contributed by atoms with E-state index in [-0.39, 0.29) is 0 Å². The van der Waals surface area contributed by atoms with Crippen LogP contribution < -0.4 is 5.32 Å². The first-order valence-electron chi connectivity index (χ1n) is 5.56. The summed E-state index contributed by atoms with van der Waals surface area (Å²) in [7, 11) is 0. The highest BCUT2D eigenvalue weighted by molar-refractivity contribution is 4.95. The van der Waals surface area contributed by atoms with Crippen molar-refractivity contribution >= 4 is 0 Å². The van der Waals surface area contributed by atoms with Gasteiger partial charge in [0.2, 0.25) is 0 Å². The molecule has 1 heterocycles. The van der Waals surface area contributed by atoms with Crippen LogP contribution >= 0.6 is 0 Å². The summed E-state index contributed by atoms with van der Waals surface area (Å²) in [5.74, 6) is 0. The largest absolute Gasteiger partial charge is 0.376 e. The van der Waals surface area contributed by atoms with Crippen LogP contribution in [0.1, 0.15) is 39.5 Å². The maximum absolute atomic E-state index is 5.83. The van der Waals surface area contributed by atoms with E-state index in [1.807, 2.05) is 0 Å². The molecular formula is C11H21NO. The van der Waals surface area contributed by atoms with E-state index < -0.39 is 0 Å². The molecule has 0 aromatic carbocycles. The van der Waals surface area contributed by atoms with Crippen molar-refractivity contribution in [3.05, 3.63) is 0 Å². The van der Waals surface area contributed by atoms with Crippen molar-refractivity contribution in [3.63, 3.8) is 0 Å². The minimum atomic E-state index is 0.401. The molecule has 13 heavy (non-hydrogen) atoms. The average molecular weight is 183 g/mol. The summed E-state index contributed by atoms with van der Waals surface area (Å²) in [5.41, 5.74) is 0.677. The van der Waals surface area contributed by atoms with Crippen LogP contribution in [-0.4, -0.2) is 25.3 Å². The Morgan fingerprint density at radius 1 is 1.23 bits per heavy atom. The van der Waals surface area contributed by atoms with Crippen molar-refractivity contribution in [2.24, 2.45) is 5.41 Å². The molecule has 1 aliphatic heterocycles. The molecule has 0 bridgehead atoms. The lowest BCUT2D eigenvalue weighted by atomic mass is 9.69. The van der Waals surface area contributed by atoms with Crippen LogP contribution in [0.3, 0.4) is 0 Å². The third-order valence-corrected chi connectivity index (χ3v) is 3.46. The Hall–Kier alpha value is -0.0800. The zero-order valence-corrected chi connectivity index (χ0v) is 8.81. The highest BCUT2D eigenvalue weighted by atomic mass is 16.5. The molecule has 1 N–H and O–H groups in total. The van der Waals surface area contributed by atoms with Crippen molar-refractivity contribution in [1.82, 2.24) is 5.32 Å². The predicted molar refractivity (Wildman–Crippen MR) is 53.8 cm³/mol. The molecule has 0 amide bonds. The van der Waals surface area contributed by atoms with E-state index >= 15 is 0 Å². The second-order valence-electron chi connectivity index (χ2n) is 4.99. The highest BCUT2D eigenvalue weighted by Gasteiger charge is 2.40. The molecule has 76 valence electrons. The number of ether oxygens (including phenoxy) is 1. The minimum absolute atomic E-state index is 0.401. The Balaban J connectivity index is 1.76. The Morgan fingerprint density at radius 3 is 2.23 bits per heavy atom. The third kappa shape index (κ3) is 2.05. The number of nitrogens with one attached hydrogen (secondary N) is 1. The van der Waals surface area contributed by atoms with Gasteiger partial charge in [-0.05, 0) is 44.9 Å². The van der Waals surface area contributed by atoms with Gasteiger partial charge in [0.1, 0.15) is 0 Å². The smallest absolute Gasteiger partial charge is 0.0579 e. The van der Waals surface area contributed by atoms with Crippen molar-refractivity contribution < 1.29 is 4.74 Å². The van der Waals surface area contributed by atoms with Crippen LogP contribution in [0.15, 0.2) is 0 Å². The Labute approximate surface area is 81.0 Å². The van der Waals surface area contributed by atoms with Crippen LogP contribution in [0.2, 0.25) is 0 Å². The standard InChI is InChI=1S/C11H21NO/c1-9(2)13-10-3-5-11(6-4-10)7-12-8-11/h9-10,12H,3-8H2,1-2H3. The van der Waals surface area contributed by atoms with Gasteiger partial charge in [-0.25, -0.2) is 0 Å². The summed E-state index contributed by atoms with van der Waals surface area (Å²) in [4.78, 5) is 0. The summed E-state index contributed by atoms with van der Waals surface area (Å²) in [6.45, 7) is 6.77. The Morgan fingerprint density at radius 2 is 1.85 bits per heavy atom. The first kappa shape index (κ1) is 9.47. The predicted octanol–water partition coefficient (Wildman–Crippen LogP) is 1.94. The summed E-state index contributed by atoms with van der Waals surface area (Å²) in [5, 5.41) is 3.39. The lowest BCUT2D eigenvalue weighted by molar-refractivity contribution is -0.0457. The molecule has 0 atom stereocenters. The van der Waals surface area contributed by atoms with Crippen molar-refractivity contribution in [3.8, 4) is 0 Å². The van der Waals surface area contributed by atoms with E-state index in [2.05, 4.69) is 19.2 Å². The maximum atomic E-state index is 5.83. The van der Waals surface area contributed by atoms with Crippen LogP contribution in [-0.2, 0) is 4.74 Å². The summed E-state index contributed by atoms with van der Waals surface area (Å²) < 4.78 is 5.83.